The predicted molar refractivity (Wildman–Crippen MR) is 78.1 cm³/mol. The van der Waals surface area contributed by atoms with Gasteiger partial charge in [0.1, 0.15) is 0 Å². The van der Waals surface area contributed by atoms with Crippen LogP contribution >= 0.6 is 33.9 Å². The molecule has 0 aliphatic rings. The topological polar surface area (TPSA) is 72.2 Å². The summed E-state index contributed by atoms with van der Waals surface area (Å²) in [5.41, 5.74) is 0.577. The van der Waals surface area contributed by atoms with Crippen molar-refractivity contribution in [2.45, 2.75) is 0 Å². The molecule has 1 aromatic heterocycles. The van der Waals surface area contributed by atoms with Crippen molar-refractivity contribution in [2.24, 2.45) is 0 Å². The minimum Gasteiger partial charge on any atom is -0.321 e. The van der Waals surface area contributed by atoms with Gasteiger partial charge in [-0.1, -0.05) is 6.07 Å². The molecule has 0 fully saturated rings. The number of nitro benzene ring substituents is 1. The number of halogens is 1. The lowest BCUT2D eigenvalue weighted by Crippen LogP contribution is -2.10. The van der Waals surface area contributed by atoms with Crippen LogP contribution in [0.15, 0.2) is 35.7 Å². The first kappa shape index (κ1) is 13.0. The molecule has 2 aromatic rings. The van der Waals surface area contributed by atoms with Crippen molar-refractivity contribution in [1.29, 1.82) is 0 Å². The number of rotatable bonds is 3. The zero-order valence-electron chi connectivity index (χ0n) is 8.92. The summed E-state index contributed by atoms with van der Waals surface area (Å²) >= 11 is 3.21. The Hall–Kier alpha value is -1.48. The molecule has 0 spiro atoms. The second-order valence-corrected chi connectivity index (χ2v) is 5.46. The number of nitro groups is 1. The van der Waals surface area contributed by atoms with Gasteiger partial charge in [0.05, 0.1) is 13.4 Å². The molecule has 0 saturated carbocycles. The summed E-state index contributed by atoms with van der Waals surface area (Å²) in [6.07, 6.45) is 0. The van der Waals surface area contributed by atoms with Crippen LogP contribution in [0.25, 0.3) is 0 Å². The lowest BCUT2D eigenvalue weighted by molar-refractivity contribution is -0.385. The normalized spacial score (nSPS) is 10.1. The maximum atomic E-state index is 11.8. The molecule has 2 rings (SSSR count). The molecule has 0 atom stereocenters. The Labute approximate surface area is 120 Å². The van der Waals surface area contributed by atoms with Gasteiger partial charge < -0.3 is 5.32 Å². The van der Waals surface area contributed by atoms with Crippen molar-refractivity contribution in [3.63, 3.8) is 0 Å². The zero-order chi connectivity index (χ0) is 13.1. The van der Waals surface area contributed by atoms with Crippen LogP contribution in [0.1, 0.15) is 9.67 Å². The van der Waals surface area contributed by atoms with E-state index in [2.05, 4.69) is 5.32 Å². The lowest BCUT2D eigenvalue weighted by atomic mass is 10.3. The molecule has 92 valence electrons. The first-order valence-corrected chi connectivity index (χ1v) is 6.82. The van der Waals surface area contributed by atoms with Crippen molar-refractivity contribution < 1.29 is 9.72 Å². The summed E-state index contributed by atoms with van der Waals surface area (Å²) in [5.74, 6) is -0.213. The number of amides is 1. The second kappa shape index (κ2) is 5.44. The SMILES string of the molecule is O=C(Nc1ccc([N+](=O)[O-])c(I)c1)c1cccs1. The number of hydrogen-bond donors (Lipinski definition) is 1. The van der Waals surface area contributed by atoms with E-state index < -0.39 is 4.92 Å². The van der Waals surface area contributed by atoms with Crippen LogP contribution in [0.4, 0.5) is 11.4 Å². The van der Waals surface area contributed by atoms with Crippen LogP contribution < -0.4 is 5.32 Å². The van der Waals surface area contributed by atoms with Gasteiger partial charge in [-0.2, -0.15) is 0 Å². The van der Waals surface area contributed by atoms with Crippen molar-refractivity contribution in [3.05, 3.63) is 54.3 Å². The molecule has 0 aliphatic heterocycles. The molecule has 1 N–H and O–H groups in total. The van der Waals surface area contributed by atoms with Crippen LogP contribution in [0.3, 0.4) is 0 Å². The molecule has 7 heteroatoms. The molecule has 1 amide bonds. The zero-order valence-corrected chi connectivity index (χ0v) is 11.9. The molecular formula is C11H7IN2O3S. The molecular weight excluding hydrogens is 367 g/mol. The molecule has 0 aliphatic carbocycles. The number of benzene rings is 1. The van der Waals surface area contributed by atoms with Crippen molar-refractivity contribution in [1.82, 2.24) is 0 Å². The highest BCUT2D eigenvalue weighted by molar-refractivity contribution is 14.1. The standard InChI is InChI=1S/C11H7IN2O3S/c12-8-6-7(3-4-9(8)14(16)17)13-11(15)10-2-1-5-18-10/h1-6H,(H,13,15). The van der Waals surface area contributed by atoms with E-state index in [0.29, 0.717) is 14.1 Å². The van der Waals surface area contributed by atoms with Gasteiger partial charge in [-0.15, -0.1) is 11.3 Å². The van der Waals surface area contributed by atoms with E-state index >= 15 is 0 Å². The maximum Gasteiger partial charge on any atom is 0.282 e. The van der Waals surface area contributed by atoms with Crippen LogP contribution in [0.5, 0.6) is 0 Å². The van der Waals surface area contributed by atoms with Gasteiger partial charge in [-0.05, 0) is 46.2 Å². The third kappa shape index (κ3) is 2.85. The van der Waals surface area contributed by atoms with E-state index in [9.17, 15) is 14.9 Å². The average molecular weight is 374 g/mol. The lowest BCUT2D eigenvalue weighted by Gasteiger charge is -2.04. The van der Waals surface area contributed by atoms with Gasteiger partial charge in [0.25, 0.3) is 11.6 Å². The first-order chi connectivity index (χ1) is 8.58. The van der Waals surface area contributed by atoms with E-state index in [1.165, 1.54) is 23.5 Å². The van der Waals surface area contributed by atoms with E-state index in [4.69, 9.17) is 0 Å². The van der Waals surface area contributed by atoms with Crippen LogP contribution in [-0.2, 0) is 0 Å². The van der Waals surface area contributed by atoms with Gasteiger partial charge in [0.15, 0.2) is 0 Å². The fourth-order valence-electron chi connectivity index (χ4n) is 1.33. The summed E-state index contributed by atoms with van der Waals surface area (Å²) in [6, 6.07) is 7.98. The Balaban J connectivity index is 2.18. The summed E-state index contributed by atoms with van der Waals surface area (Å²) in [5, 5.41) is 15.2. The third-order valence-electron chi connectivity index (χ3n) is 2.15. The molecule has 0 unspecified atom stereocenters. The van der Waals surface area contributed by atoms with Gasteiger partial charge in [0, 0.05) is 11.8 Å². The summed E-state index contributed by atoms with van der Waals surface area (Å²) < 4.78 is 0.488. The summed E-state index contributed by atoms with van der Waals surface area (Å²) in [7, 11) is 0. The van der Waals surface area contributed by atoms with Crippen molar-refractivity contribution in [2.75, 3.05) is 5.32 Å². The van der Waals surface area contributed by atoms with Crippen LogP contribution in [0.2, 0.25) is 0 Å². The monoisotopic (exact) mass is 374 g/mol. The number of nitrogens with zero attached hydrogens (tertiary/aromatic N) is 1. The Morgan fingerprint density at radius 1 is 1.39 bits per heavy atom. The number of hydrogen-bond acceptors (Lipinski definition) is 4. The quantitative estimate of drug-likeness (QED) is 0.508. The van der Waals surface area contributed by atoms with E-state index in [1.54, 1.807) is 18.2 Å². The number of thiophene rings is 1. The Morgan fingerprint density at radius 2 is 2.17 bits per heavy atom. The van der Waals surface area contributed by atoms with Gasteiger partial charge in [-0.25, -0.2) is 0 Å². The number of nitrogens with one attached hydrogen (secondary N) is 1. The summed E-state index contributed by atoms with van der Waals surface area (Å²) in [6.45, 7) is 0. The fraction of sp³-hybridized carbons (Fsp3) is 0. The van der Waals surface area contributed by atoms with Crippen molar-refractivity contribution in [3.8, 4) is 0 Å². The predicted octanol–water partition coefficient (Wildman–Crippen LogP) is 3.51. The molecule has 18 heavy (non-hydrogen) atoms. The van der Waals surface area contributed by atoms with Gasteiger partial charge in [0.2, 0.25) is 0 Å². The van der Waals surface area contributed by atoms with Crippen LogP contribution in [-0.4, -0.2) is 10.8 Å². The smallest absolute Gasteiger partial charge is 0.282 e. The number of carbonyl (C=O) groups excluding carboxylic acids is 1. The summed E-state index contributed by atoms with van der Waals surface area (Å²) in [4.78, 5) is 22.6. The molecule has 5 nitrogen and oxygen atoms in total. The number of carbonyl (C=O) groups is 1. The van der Waals surface area contributed by atoms with E-state index in [-0.39, 0.29) is 11.6 Å². The molecule has 0 saturated heterocycles. The first-order valence-electron chi connectivity index (χ1n) is 4.87. The Bertz CT molecular complexity index is 598. The van der Waals surface area contributed by atoms with Crippen LogP contribution in [0, 0.1) is 13.7 Å². The molecule has 0 bridgehead atoms. The van der Waals surface area contributed by atoms with E-state index in [1.807, 2.05) is 28.0 Å². The Kier molecular flexibility index (Phi) is 3.92. The highest BCUT2D eigenvalue weighted by atomic mass is 127. The minimum absolute atomic E-state index is 0.0322. The number of anilines is 1. The molecule has 0 radical (unpaired) electrons. The highest BCUT2D eigenvalue weighted by Gasteiger charge is 2.13. The van der Waals surface area contributed by atoms with Gasteiger partial charge >= 0.3 is 0 Å². The van der Waals surface area contributed by atoms with Gasteiger partial charge in [-0.3, -0.25) is 14.9 Å². The van der Waals surface area contributed by atoms with E-state index in [0.717, 1.165) is 0 Å². The largest absolute Gasteiger partial charge is 0.321 e. The maximum absolute atomic E-state index is 11.8. The third-order valence-corrected chi connectivity index (χ3v) is 3.88. The minimum atomic E-state index is -0.452. The average Bonchev–Trinajstić information content (AvgIpc) is 2.81. The highest BCUT2D eigenvalue weighted by Crippen LogP contribution is 2.24. The fourth-order valence-corrected chi connectivity index (χ4v) is 2.66. The second-order valence-electron chi connectivity index (χ2n) is 3.35. The molecule has 1 heterocycles. The molecule has 1 aromatic carbocycles. The van der Waals surface area contributed by atoms with Crippen molar-refractivity contribution >= 4 is 51.2 Å². The Morgan fingerprint density at radius 3 is 2.72 bits per heavy atom.